The van der Waals surface area contributed by atoms with Gasteiger partial charge in [-0.1, -0.05) is 43.2 Å². The Hall–Kier alpha value is -1.35. The summed E-state index contributed by atoms with van der Waals surface area (Å²) in [6, 6.07) is 11.0. The molecular weight excluding hydrogens is 260 g/mol. The summed E-state index contributed by atoms with van der Waals surface area (Å²) in [7, 11) is 0. The molecule has 1 aliphatic carbocycles. The third kappa shape index (κ3) is 3.85. The fourth-order valence-corrected chi connectivity index (χ4v) is 3.83. The van der Waals surface area contributed by atoms with Gasteiger partial charge in [-0.05, 0) is 44.3 Å². The van der Waals surface area contributed by atoms with E-state index in [9.17, 15) is 4.79 Å². The highest BCUT2D eigenvalue weighted by Gasteiger charge is 2.32. The summed E-state index contributed by atoms with van der Waals surface area (Å²) >= 11 is 0. The second-order valence-corrected chi connectivity index (χ2v) is 6.43. The van der Waals surface area contributed by atoms with E-state index in [1.54, 1.807) is 0 Å². The quantitative estimate of drug-likeness (QED) is 0.923. The molecule has 2 unspecified atom stereocenters. The topological polar surface area (TPSA) is 32.3 Å². The monoisotopic (exact) mass is 286 g/mol. The lowest BCUT2D eigenvalue weighted by Crippen LogP contribution is -2.52. The minimum atomic E-state index is 0.178. The first-order chi connectivity index (χ1) is 10.3. The highest BCUT2D eigenvalue weighted by atomic mass is 16.1. The maximum atomic E-state index is 12.3. The maximum Gasteiger partial charge on any atom is 0.224 e. The first-order valence-electron chi connectivity index (χ1n) is 8.40. The molecule has 3 rings (SSSR count). The Morgan fingerprint density at radius 1 is 1.05 bits per heavy atom. The van der Waals surface area contributed by atoms with E-state index < -0.39 is 0 Å². The number of carbonyl (C=O) groups excluding carboxylic acids is 1. The molecule has 0 radical (unpaired) electrons. The Labute approximate surface area is 127 Å². The van der Waals surface area contributed by atoms with Crippen molar-refractivity contribution < 1.29 is 4.79 Å². The number of nitrogens with zero attached hydrogens (tertiary/aromatic N) is 1. The van der Waals surface area contributed by atoms with E-state index in [0.29, 0.717) is 18.5 Å². The second-order valence-electron chi connectivity index (χ2n) is 6.43. The molecule has 1 aliphatic heterocycles. The smallest absolute Gasteiger partial charge is 0.224 e. The molecule has 1 aromatic carbocycles. The molecule has 2 fully saturated rings. The molecule has 21 heavy (non-hydrogen) atoms. The zero-order valence-corrected chi connectivity index (χ0v) is 12.8. The van der Waals surface area contributed by atoms with E-state index in [4.69, 9.17) is 0 Å². The predicted octanol–water partition coefficient (Wildman–Crippen LogP) is 2.75. The van der Waals surface area contributed by atoms with Crippen LogP contribution in [-0.2, 0) is 11.2 Å². The average Bonchev–Trinajstić information content (AvgIpc) is 3.03. The van der Waals surface area contributed by atoms with E-state index in [1.165, 1.54) is 45.2 Å². The van der Waals surface area contributed by atoms with E-state index in [1.807, 2.05) is 30.3 Å². The lowest BCUT2D eigenvalue weighted by Gasteiger charge is -2.38. The summed E-state index contributed by atoms with van der Waals surface area (Å²) in [6.45, 7) is 2.44. The van der Waals surface area contributed by atoms with Crippen LogP contribution in [0.15, 0.2) is 30.3 Å². The second kappa shape index (κ2) is 7.08. The molecule has 3 heteroatoms. The summed E-state index contributed by atoms with van der Waals surface area (Å²) in [5.41, 5.74) is 1.10. The van der Waals surface area contributed by atoms with Crippen LogP contribution in [0.1, 0.15) is 44.1 Å². The van der Waals surface area contributed by atoms with Crippen LogP contribution in [-0.4, -0.2) is 36.0 Å². The van der Waals surface area contributed by atoms with Crippen molar-refractivity contribution in [1.29, 1.82) is 0 Å². The van der Waals surface area contributed by atoms with Crippen LogP contribution in [0.3, 0.4) is 0 Å². The molecule has 0 aromatic heterocycles. The zero-order valence-electron chi connectivity index (χ0n) is 12.8. The minimum Gasteiger partial charge on any atom is -0.352 e. The van der Waals surface area contributed by atoms with Crippen LogP contribution in [0.4, 0.5) is 0 Å². The van der Waals surface area contributed by atoms with Gasteiger partial charge in [0.05, 0.1) is 6.42 Å². The molecule has 2 atom stereocenters. The van der Waals surface area contributed by atoms with Crippen LogP contribution >= 0.6 is 0 Å². The van der Waals surface area contributed by atoms with Crippen molar-refractivity contribution >= 4 is 5.91 Å². The standard InChI is InChI=1S/C18H26N2O/c21-18(14-15-8-2-1-3-9-15)19-16-10-4-5-11-17(16)20-12-6-7-13-20/h1-3,8-9,16-17H,4-7,10-14H2,(H,19,21). The van der Waals surface area contributed by atoms with Gasteiger partial charge in [0, 0.05) is 12.1 Å². The van der Waals surface area contributed by atoms with Crippen molar-refractivity contribution in [3.8, 4) is 0 Å². The molecule has 1 amide bonds. The third-order valence-electron chi connectivity index (χ3n) is 4.89. The maximum absolute atomic E-state index is 12.3. The van der Waals surface area contributed by atoms with Crippen molar-refractivity contribution in [3.63, 3.8) is 0 Å². The molecule has 1 saturated heterocycles. The summed E-state index contributed by atoms with van der Waals surface area (Å²) < 4.78 is 0. The number of likely N-dealkylation sites (tertiary alicyclic amines) is 1. The van der Waals surface area contributed by atoms with Crippen molar-refractivity contribution in [2.24, 2.45) is 0 Å². The van der Waals surface area contributed by atoms with Gasteiger partial charge in [-0.25, -0.2) is 0 Å². The van der Waals surface area contributed by atoms with Gasteiger partial charge in [-0.15, -0.1) is 0 Å². The van der Waals surface area contributed by atoms with Crippen LogP contribution in [0.2, 0.25) is 0 Å². The number of hydrogen-bond donors (Lipinski definition) is 1. The highest BCUT2D eigenvalue weighted by Crippen LogP contribution is 2.26. The van der Waals surface area contributed by atoms with Gasteiger partial charge in [0.2, 0.25) is 5.91 Å². The van der Waals surface area contributed by atoms with Crippen molar-refractivity contribution in [2.75, 3.05) is 13.1 Å². The zero-order chi connectivity index (χ0) is 14.5. The van der Waals surface area contributed by atoms with Crippen molar-refractivity contribution in [2.45, 2.75) is 57.0 Å². The molecule has 1 heterocycles. The van der Waals surface area contributed by atoms with E-state index in [-0.39, 0.29) is 5.91 Å². The fraction of sp³-hybridized carbons (Fsp3) is 0.611. The Morgan fingerprint density at radius 3 is 2.52 bits per heavy atom. The van der Waals surface area contributed by atoms with Gasteiger partial charge in [0.1, 0.15) is 0 Å². The first-order valence-corrected chi connectivity index (χ1v) is 8.40. The van der Waals surface area contributed by atoms with Gasteiger partial charge in [-0.2, -0.15) is 0 Å². The molecule has 3 nitrogen and oxygen atoms in total. The summed E-state index contributed by atoms with van der Waals surface area (Å²) in [5, 5.41) is 3.31. The molecule has 1 saturated carbocycles. The van der Waals surface area contributed by atoms with Crippen LogP contribution in [0.25, 0.3) is 0 Å². The van der Waals surface area contributed by atoms with Crippen LogP contribution < -0.4 is 5.32 Å². The van der Waals surface area contributed by atoms with Gasteiger partial charge in [0.25, 0.3) is 0 Å². The lowest BCUT2D eigenvalue weighted by molar-refractivity contribution is -0.121. The number of amides is 1. The lowest BCUT2D eigenvalue weighted by atomic mass is 9.89. The summed E-state index contributed by atoms with van der Waals surface area (Å²) in [4.78, 5) is 14.9. The van der Waals surface area contributed by atoms with Crippen molar-refractivity contribution in [1.82, 2.24) is 10.2 Å². The SMILES string of the molecule is O=C(Cc1ccccc1)NC1CCCCC1N1CCCC1. The Balaban J connectivity index is 1.57. The number of rotatable bonds is 4. The third-order valence-corrected chi connectivity index (χ3v) is 4.89. The molecule has 1 aromatic rings. The van der Waals surface area contributed by atoms with Gasteiger partial charge in [-0.3, -0.25) is 9.69 Å². The van der Waals surface area contributed by atoms with E-state index in [0.717, 1.165) is 12.0 Å². The van der Waals surface area contributed by atoms with Crippen LogP contribution in [0, 0.1) is 0 Å². The van der Waals surface area contributed by atoms with E-state index in [2.05, 4.69) is 10.2 Å². The predicted molar refractivity (Wildman–Crippen MR) is 85.1 cm³/mol. The molecule has 0 spiro atoms. The molecule has 0 bridgehead atoms. The summed E-state index contributed by atoms with van der Waals surface area (Å²) in [5.74, 6) is 0.178. The minimum absolute atomic E-state index is 0.178. The molecule has 2 aliphatic rings. The summed E-state index contributed by atoms with van der Waals surface area (Å²) in [6.07, 6.45) is 8.09. The highest BCUT2D eigenvalue weighted by molar-refractivity contribution is 5.78. The van der Waals surface area contributed by atoms with Gasteiger partial charge in [0.15, 0.2) is 0 Å². The van der Waals surface area contributed by atoms with Gasteiger partial charge < -0.3 is 5.32 Å². The first kappa shape index (κ1) is 14.6. The number of nitrogens with one attached hydrogen (secondary N) is 1. The number of benzene rings is 1. The normalized spacial score (nSPS) is 26.7. The molecule has 114 valence electrons. The number of carbonyl (C=O) groups is 1. The average molecular weight is 286 g/mol. The van der Waals surface area contributed by atoms with Crippen LogP contribution in [0.5, 0.6) is 0 Å². The number of hydrogen-bond acceptors (Lipinski definition) is 2. The fourth-order valence-electron chi connectivity index (χ4n) is 3.83. The molecule has 1 N–H and O–H groups in total. The molecular formula is C18H26N2O. The van der Waals surface area contributed by atoms with E-state index >= 15 is 0 Å². The largest absolute Gasteiger partial charge is 0.352 e. The van der Waals surface area contributed by atoms with Gasteiger partial charge >= 0.3 is 0 Å². The Morgan fingerprint density at radius 2 is 1.76 bits per heavy atom. The Bertz CT molecular complexity index is 454. The van der Waals surface area contributed by atoms with Crippen molar-refractivity contribution in [3.05, 3.63) is 35.9 Å². The Kier molecular flexibility index (Phi) is 4.91.